The Labute approximate surface area is 194 Å². The summed E-state index contributed by atoms with van der Waals surface area (Å²) in [5.41, 5.74) is 2.01. The molecule has 0 radical (unpaired) electrons. The van der Waals surface area contributed by atoms with E-state index in [9.17, 15) is 9.59 Å². The molecule has 0 aliphatic rings. The van der Waals surface area contributed by atoms with Crippen LogP contribution >= 0.6 is 11.3 Å². The molecule has 2 aromatic carbocycles. The Bertz CT molecular complexity index is 1280. The first kappa shape index (κ1) is 22.3. The van der Waals surface area contributed by atoms with Gasteiger partial charge in [-0.1, -0.05) is 30.3 Å². The third kappa shape index (κ3) is 5.12. The molecule has 0 atom stereocenters. The van der Waals surface area contributed by atoms with Crippen LogP contribution in [0.3, 0.4) is 0 Å². The van der Waals surface area contributed by atoms with E-state index in [0.29, 0.717) is 11.5 Å². The van der Waals surface area contributed by atoms with Gasteiger partial charge in [0, 0.05) is 34.2 Å². The minimum atomic E-state index is -0.602. The summed E-state index contributed by atoms with van der Waals surface area (Å²) in [7, 11) is 2.96. The average Bonchev–Trinajstić information content (AvgIpc) is 3.35. The number of pyridine rings is 1. The van der Waals surface area contributed by atoms with Crippen molar-refractivity contribution in [2.24, 2.45) is 0 Å². The van der Waals surface area contributed by atoms with E-state index in [1.54, 1.807) is 12.3 Å². The molecule has 1 amide bonds. The number of nitrogens with zero attached hydrogens (tertiary/aromatic N) is 1. The lowest BCUT2D eigenvalue weighted by molar-refractivity contribution is -0.115. The summed E-state index contributed by atoms with van der Waals surface area (Å²) in [4.78, 5) is 31.0. The van der Waals surface area contributed by atoms with Gasteiger partial charge in [0.25, 0.3) is 0 Å². The first-order valence-electron chi connectivity index (χ1n) is 10.2. The zero-order chi connectivity index (χ0) is 23.2. The van der Waals surface area contributed by atoms with Gasteiger partial charge in [-0.25, -0.2) is 4.79 Å². The number of para-hydroxylation sites is 1. The summed E-state index contributed by atoms with van der Waals surface area (Å²) >= 11 is 1.49. The highest BCUT2D eigenvalue weighted by Gasteiger charge is 2.20. The maximum absolute atomic E-state index is 13.1. The standard InChI is InChI=1S/C25H22N2O5S/c1-30-21-13-19(20(14-22(21)31-2)27-23(28)12-18-9-5-11-33-18)25(29)32-15-17-7-3-6-16-8-4-10-26-24(16)17/h3-11,13-14H,12,15H2,1-2H3,(H,27,28). The molecule has 0 aliphatic carbocycles. The van der Waals surface area contributed by atoms with Crippen LogP contribution in [0.4, 0.5) is 5.69 Å². The molecule has 4 aromatic rings. The van der Waals surface area contributed by atoms with Crippen LogP contribution in [-0.2, 0) is 22.6 Å². The van der Waals surface area contributed by atoms with Gasteiger partial charge in [0.15, 0.2) is 11.5 Å². The van der Waals surface area contributed by atoms with Crippen LogP contribution in [-0.4, -0.2) is 31.1 Å². The summed E-state index contributed by atoms with van der Waals surface area (Å²) in [6.07, 6.45) is 1.89. The topological polar surface area (TPSA) is 86.8 Å². The molecular weight excluding hydrogens is 440 g/mol. The number of anilines is 1. The number of carbonyl (C=O) groups excluding carboxylic acids is 2. The quantitative estimate of drug-likeness (QED) is 0.377. The van der Waals surface area contributed by atoms with Crippen molar-refractivity contribution < 1.29 is 23.8 Å². The van der Waals surface area contributed by atoms with Gasteiger partial charge in [-0.2, -0.15) is 0 Å². The van der Waals surface area contributed by atoms with Crippen LogP contribution in [0.2, 0.25) is 0 Å². The van der Waals surface area contributed by atoms with Gasteiger partial charge in [-0.3, -0.25) is 9.78 Å². The smallest absolute Gasteiger partial charge is 0.340 e. The van der Waals surface area contributed by atoms with Crippen LogP contribution in [0.5, 0.6) is 11.5 Å². The summed E-state index contributed by atoms with van der Waals surface area (Å²) in [5, 5.41) is 5.67. The molecule has 0 aliphatic heterocycles. The van der Waals surface area contributed by atoms with Gasteiger partial charge in [-0.15, -0.1) is 11.3 Å². The second-order valence-electron chi connectivity index (χ2n) is 7.13. The van der Waals surface area contributed by atoms with Gasteiger partial charge in [0.2, 0.25) is 5.91 Å². The molecule has 0 unspecified atom stereocenters. The van der Waals surface area contributed by atoms with Crippen molar-refractivity contribution in [1.29, 1.82) is 0 Å². The number of fused-ring (bicyclic) bond motifs is 1. The molecule has 0 bridgehead atoms. The van der Waals surface area contributed by atoms with Crippen molar-refractivity contribution in [2.75, 3.05) is 19.5 Å². The molecule has 0 saturated heterocycles. The Hall–Kier alpha value is -3.91. The summed E-state index contributed by atoms with van der Waals surface area (Å²) in [5.74, 6) is -0.112. The van der Waals surface area contributed by atoms with E-state index in [-0.39, 0.29) is 30.2 Å². The van der Waals surface area contributed by atoms with Gasteiger partial charge in [0.1, 0.15) is 6.61 Å². The highest BCUT2D eigenvalue weighted by atomic mass is 32.1. The molecule has 0 fully saturated rings. The number of rotatable bonds is 8. The monoisotopic (exact) mass is 462 g/mol. The Morgan fingerprint density at radius 2 is 1.79 bits per heavy atom. The molecule has 33 heavy (non-hydrogen) atoms. The van der Waals surface area contributed by atoms with Gasteiger partial charge >= 0.3 is 5.97 Å². The zero-order valence-electron chi connectivity index (χ0n) is 18.2. The van der Waals surface area contributed by atoms with E-state index < -0.39 is 5.97 Å². The maximum Gasteiger partial charge on any atom is 0.340 e. The van der Waals surface area contributed by atoms with Crippen molar-refractivity contribution in [2.45, 2.75) is 13.0 Å². The van der Waals surface area contributed by atoms with Crippen molar-refractivity contribution in [3.63, 3.8) is 0 Å². The molecule has 4 rings (SSSR count). The molecule has 0 saturated carbocycles. The van der Waals surface area contributed by atoms with E-state index in [1.165, 1.54) is 31.6 Å². The normalized spacial score (nSPS) is 10.6. The van der Waals surface area contributed by atoms with Crippen LogP contribution < -0.4 is 14.8 Å². The minimum absolute atomic E-state index is 0.0319. The van der Waals surface area contributed by atoms with Gasteiger partial charge < -0.3 is 19.5 Å². The molecule has 7 nitrogen and oxygen atoms in total. The highest BCUT2D eigenvalue weighted by molar-refractivity contribution is 7.10. The fourth-order valence-corrected chi connectivity index (χ4v) is 4.13. The first-order chi connectivity index (χ1) is 16.1. The van der Waals surface area contributed by atoms with E-state index in [0.717, 1.165) is 21.3 Å². The van der Waals surface area contributed by atoms with Crippen LogP contribution in [0.25, 0.3) is 10.9 Å². The van der Waals surface area contributed by atoms with Crippen LogP contribution in [0.15, 0.2) is 66.2 Å². The number of benzene rings is 2. The number of hydrogen-bond acceptors (Lipinski definition) is 7. The lowest BCUT2D eigenvalue weighted by Gasteiger charge is -2.15. The van der Waals surface area contributed by atoms with Crippen molar-refractivity contribution >= 4 is 39.8 Å². The average molecular weight is 463 g/mol. The Balaban J connectivity index is 1.58. The second-order valence-corrected chi connectivity index (χ2v) is 8.16. The number of thiophene rings is 1. The largest absolute Gasteiger partial charge is 0.493 e. The van der Waals surface area contributed by atoms with Crippen LogP contribution in [0.1, 0.15) is 20.8 Å². The van der Waals surface area contributed by atoms with E-state index in [4.69, 9.17) is 14.2 Å². The van der Waals surface area contributed by atoms with Crippen LogP contribution in [0, 0.1) is 0 Å². The molecule has 8 heteroatoms. The molecular formula is C25H22N2O5S. The fourth-order valence-electron chi connectivity index (χ4n) is 3.42. The Kier molecular flexibility index (Phi) is 6.85. The molecule has 2 aromatic heterocycles. The number of ether oxygens (including phenoxy) is 3. The number of nitrogens with one attached hydrogen (secondary N) is 1. The number of methoxy groups -OCH3 is 2. The summed E-state index contributed by atoms with van der Waals surface area (Å²) < 4.78 is 16.3. The number of aromatic nitrogens is 1. The lowest BCUT2D eigenvalue weighted by Crippen LogP contribution is -2.17. The third-order valence-electron chi connectivity index (χ3n) is 5.01. The van der Waals surface area contributed by atoms with Crippen molar-refractivity contribution in [3.05, 3.63) is 82.2 Å². The fraction of sp³-hybridized carbons (Fsp3) is 0.160. The summed E-state index contributed by atoms with van der Waals surface area (Å²) in [6.45, 7) is 0.0319. The predicted molar refractivity (Wildman–Crippen MR) is 127 cm³/mol. The zero-order valence-corrected chi connectivity index (χ0v) is 19.0. The van der Waals surface area contributed by atoms with Gasteiger partial charge in [-0.05, 0) is 17.5 Å². The number of amides is 1. The van der Waals surface area contributed by atoms with Gasteiger partial charge in [0.05, 0.1) is 37.4 Å². The number of esters is 1. The maximum atomic E-state index is 13.1. The Morgan fingerprint density at radius 3 is 2.55 bits per heavy atom. The molecule has 2 heterocycles. The van der Waals surface area contributed by atoms with E-state index >= 15 is 0 Å². The molecule has 0 spiro atoms. The van der Waals surface area contributed by atoms with E-state index in [1.807, 2.05) is 47.8 Å². The number of carbonyl (C=O) groups is 2. The minimum Gasteiger partial charge on any atom is -0.493 e. The van der Waals surface area contributed by atoms with Crippen molar-refractivity contribution in [3.8, 4) is 11.5 Å². The van der Waals surface area contributed by atoms with E-state index in [2.05, 4.69) is 10.3 Å². The number of hydrogen-bond donors (Lipinski definition) is 1. The summed E-state index contributed by atoms with van der Waals surface area (Å²) in [6, 6.07) is 16.3. The Morgan fingerprint density at radius 1 is 1.00 bits per heavy atom. The second kappa shape index (κ2) is 10.1. The molecule has 1 N–H and O–H groups in total. The third-order valence-corrected chi connectivity index (χ3v) is 5.88. The lowest BCUT2D eigenvalue weighted by atomic mass is 10.1. The SMILES string of the molecule is COc1cc(NC(=O)Cc2cccs2)c(C(=O)OCc2cccc3cccnc23)cc1OC. The first-order valence-corrected chi connectivity index (χ1v) is 11.0. The molecule has 168 valence electrons. The predicted octanol–water partition coefficient (Wildman–Crippen LogP) is 4.85. The highest BCUT2D eigenvalue weighted by Crippen LogP contribution is 2.34. The van der Waals surface area contributed by atoms with Crippen molar-refractivity contribution in [1.82, 2.24) is 4.98 Å².